The summed E-state index contributed by atoms with van der Waals surface area (Å²) < 4.78 is 0. The van der Waals surface area contributed by atoms with Gasteiger partial charge in [0.2, 0.25) is 5.91 Å². The fourth-order valence-corrected chi connectivity index (χ4v) is 8.50. The van der Waals surface area contributed by atoms with Crippen LogP contribution in [0, 0.1) is 40.4 Å². The monoisotopic (exact) mass is 359 g/mol. The lowest BCUT2D eigenvalue weighted by atomic mass is 9.44. The van der Waals surface area contributed by atoms with Crippen LogP contribution in [0.1, 0.15) is 91.9 Å². The first-order valence-corrected chi connectivity index (χ1v) is 11.6. The third-order valence-electron chi connectivity index (χ3n) is 10.0. The highest BCUT2D eigenvalue weighted by Crippen LogP contribution is 2.67. The van der Waals surface area contributed by atoms with Crippen molar-refractivity contribution in [3.8, 4) is 0 Å². The number of carbonyl (C=O) groups is 1. The van der Waals surface area contributed by atoms with Gasteiger partial charge in [-0.1, -0.05) is 40.5 Å². The van der Waals surface area contributed by atoms with Gasteiger partial charge < -0.3 is 4.90 Å². The van der Waals surface area contributed by atoms with Crippen molar-refractivity contribution in [2.24, 2.45) is 40.4 Å². The summed E-state index contributed by atoms with van der Waals surface area (Å²) in [5.41, 5.74) is 0.965. The molecule has 1 heterocycles. The minimum atomic E-state index is 0.364. The minimum Gasteiger partial charge on any atom is -0.342 e. The van der Waals surface area contributed by atoms with Gasteiger partial charge in [0.05, 0.1) is 0 Å². The molecule has 3 aliphatic carbocycles. The summed E-state index contributed by atoms with van der Waals surface area (Å²) in [6.45, 7) is 10.1. The van der Waals surface area contributed by atoms with E-state index in [0.29, 0.717) is 22.8 Å². The molecule has 26 heavy (non-hydrogen) atoms. The van der Waals surface area contributed by atoms with Crippen molar-refractivity contribution in [3.63, 3.8) is 0 Å². The van der Waals surface area contributed by atoms with Crippen LogP contribution >= 0.6 is 0 Å². The van der Waals surface area contributed by atoms with Crippen LogP contribution in [0.15, 0.2) is 0 Å². The van der Waals surface area contributed by atoms with Crippen molar-refractivity contribution in [3.05, 3.63) is 0 Å². The summed E-state index contributed by atoms with van der Waals surface area (Å²) in [5, 5.41) is 0. The quantitative estimate of drug-likeness (QED) is 0.614. The normalized spacial score (nSPS) is 51.0. The van der Waals surface area contributed by atoms with E-state index >= 15 is 0 Å². The van der Waals surface area contributed by atoms with E-state index in [0.717, 1.165) is 42.4 Å². The number of fused-ring (bicyclic) bond motifs is 5. The predicted octanol–water partition coefficient (Wildman–Crippen LogP) is 5.90. The Morgan fingerprint density at radius 2 is 1.81 bits per heavy atom. The van der Waals surface area contributed by atoms with E-state index < -0.39 is 0 Å². The second-order valence-electron chi connectivity index (χ2n) is 11.0. The zero-order valence-electron chi connectivity index (χ0n) is 17.9. The van der Waals surface area contributed by atoms with Crippen molar-refractivity contribution >= 4 is 5.91 Å². The summed E-state index contributed by atoms with van der Waals surface area (Å²) in [7, 11) is 2.08. The molecule has 0 spiro atoms. The van der Waals surface area contributed by atoms with Crippen molar-refractivity contribution in [2.75, 3.05) is 7.05 Å². The highest BCUT2D eigenvalue weighted by atomic mass is 16.2. The van der Waals surface area contributed by atoms with Gasteiger partial charge in [-0.05, 0) is 85.4 Å². The van der Waals surface area contributed by atoms with E-state index in [4.69, 9.17) is 0 Å². The molecule has 3 unspecified atom stereocenters. The first-order valence-electron chi connectivity index (χ1n) is 11.6. The molecule has 2 nitrogen and oxygen atoms in total. The summed E-state index contributed by atoms with van der Waals surface area (Å²) in [5.74, 6) is 4.83. The number of piperidine rings is 1. The maximum Gasteiger partial charge on any atom is 0.222 e. The van der Waals surface area contributed by atoms with Crippen LogP contribution in [-0.2, 0) is 4.79 Å². The third-order valence-corrected chi connectivity index (χ3v) is 10.0. The largest absolute Gasteiger partial charge is 0.342 e. The lowest BCUT2D eigenvalue weighted by Gasteiger charge is -2.63. The average molecular weight is 360 g/mol. The van der Waals surface area contributed by atoms with E-state index in [-0.39, 0.29) is 0 Å². The molecule has 0 aromatic rings. The van der Waals surface area contributed by atoms with Crippen LogP contribution in [-0.4, -0.2) is 23.9 Å². The zero-order valence-corrected chi connectivity index (χ0v) is 17.9. The number of hydrogen-bond donors (Lipinski definition) is 0. The Balaban J connectivity index is 1.62. The summed E-state index contributed by atoms with van der Waals surface area (Å²) >= 11 is 0. The predicted molar refractivity (Wildman–Crippen MR) is 108 cm³/mol. The van der Waals surface area contributed by atoms with Gasteiger partial charge in [0.1, 0.15) is 0 Å². The molecule has 148 valence electrons. The molecule has 4 fully saturated rings. The van der Waals surface area contributed by atoms with Crippen LogP contribution in [0.4, 0.5) is 0 Å². The maximum absolute atomic E-state index is 12.4. The van der Waals surface area contributed by atoms with Crippen LogP contribution in [0.2, 0.25) is 0 Å². The van der Waals surface area contributed by atoms with E-state index in [1.165, 1.54) is 51.4 Å². The fraction of sp³-hybridized carbons (Fsp3) is 0.958. The van der Waals surface area contributed by atoms with E-state index in [2.05, 4.69) is 39.6 Å². The summed E-state index contributed by atoms with van der Waals surface area (Å²) in [6, 6.07) is 0.488. The molecule has 0 aromatic heterocycles. The minimum absolute atomic E-state index is 0.364. The van der Waals surface area contributed by atoms with E-state index in [1.807, 2.05) is 0 Å². The van der Waals surface area contributed by atoms with Crippen LogP contribution in [0.3, 0.4) is 0 Å². The highest BCUT2D eigenvalue weighted by molar-refractivity contribution is 5.77. The molecule has 0 bridgehead atoms. The van der Waals surface area contributed by atoms with Crippen LogP contribution in [0.5, 0.6) is 0 Å². The Bertz CT molecular complexity index is 558. The van der Waals surface area contributed by atoms with Gasteiger partial charge in [-0.25, -0.2) is 0 Å². The molecule has 0 N–H and O–H groups in total. The molecular weight excluding hydrogens is 318 g/mol. The van der Waals surface area contributed by atoms with Gasteiger partial charge >= 0.3 is 0 Å². The number of carbonyl (C=O) groups excluding carboxylic acids is 1. The van der Waals surface area contributed by atoms with E-state index in [1.54, 1.807) is 0 Å². The number of unbranched alkanes of at least 4 members (excludes halogenated alkanes) is 1. The average Bonchev–Trinajstić information content (AvgIpc) is 2.95. The first-order chi connectivity index (χ1) is 12.3. The highest BCUT2D eigenvalue weighted by Gasteiger charge is 2.62. The van der Waals surface area contributed by atoms with Crippen molar-refractivity contribution < 1.29 is 4.79 Å². The van der Waals surface area contributed by atoms with Gasteiger partial charge in [-0.2, -0.15) is 0 Å². The van der Waals surface area contributed by atoms with Gasteiger partial charge in [-0.15, -0.1) is 0 Å². The summed E-state index contributed by atoms with van der Waals surface area (Å²) in [4.78, 5) is 14.5. The van der Waals surface area contributed by atoms with Gasteiger partial charge in [0.25, 0.3) is 0 Å². The Morgan fingerprint density at radius 3 is 2.54 bits per heavy atom. The number of nitrogens with zero attached hydrogens (tertiary/aromatic N) is 1. The Labute approximate surface area is 161 Å². The van der Waals surface area contributed by atoms with Gasteiger partial charge in [0, 0.05) is 19.5 Å². The first kappa shape index (κ1) is 18.8. The molecule has 8 atom stereocenters. The van der Waals surface area contributed by atoms with Crippen molar-refractivity contribution in [2.45, 2.75) is 97.9 Å². The summed E-state index contributed by atoms with van der Waals surface area (Å²) in [6.07, 6.45) is 13.2. The maximum atomic E-state index is 12.4. The van der Waals surface area contributed by atoms with Crippen LogP contribution < -0.4 is 0 Å². The lowest BCUT2D eigenvalue weighted by Crippen LogP contribution is -2.63. The molecule has 1 saturated heterocycles. The zero-order chi connectivity index (χ0) is 18.7. The second kappa shape index (κ2) is 6.52. The molecule has 4 aliphatic rings. The Kier molecular flexibility index (Phi) is 4.72. The third kappa shape index (κ3) is 2.53. The Hall–Kier alpha value is -0.530. The van der Waals surface area contributed by atoms with E-state index in [9.17, 15) is 4.79 Å². The Morgan fingerprint density at radius 1 is 1.08 bits per heavy atom. The fourth-order valence-electron chi connectivity index (χ4n) is 8.50. The van der Waals surface area contributed by atoms with Crippen LogP contribution in [0.25, 0.3) is 0 Å². The molecule has 3 saturated carbocycles. The van der Waals surface area contributed by atoms with Gasteiger partial charge in [0.15, 0.2) is 0 Å². The molecule has 2 heteroatoms. The molecule has 4 rings (SSSR count). The number of rotatable bonds is 3. The second-order valence-corrected chi connectivity index (χ2v) is 11.0. The van der Waals surface area contributed by atoms with Crippen molar-refractivity contribution in [1.29, 1.82) is 0 Å². The SMILES string of the molecule is CCCCC1CC[C@H]2[C@@H]3C(C)CC4N(C)C(=O)CC[C@]4(C)[C@@H]3CC[C@]12C. The molecular formula is C24H41NO. The smallest absolute Gasteiger partial charge is 0.222 e. The number of hydrogen-bond acceptors (Lipinski definition) is 1. The molecule has 1 aliphatic heterocycles. The lowest BCUT2D eigenvalue weighted by molar-refractivity contribution is -0.166. The standard InChI is InChI=1S/C24H41NO/c1-6-7-8-17-9-10-18-22-16(2)15-20-24(4,14-12-21(26)25(20)5)19(22)11-13-23(17,18)3/h16-20,22H,6-15H2,1-5H3/t16?,17?,18-,19+,20?,22-,23+,24+/m0/s1. The topological polar surface area (TPSA) is 20.3 Å². The number of likely N-dealkylation sites (tertiary alicyclic amines) is 1. The molecule has 0 aromatic carbocycles. The van der Waals surface area contributed by atoms with Crippen molar-refractivity contribution in [1.82, 2.24) is 4.90 Å². The number of amides is 1. The molecule has 0 radical (unpaired) electrons. The van der Waals surface area contributed by atoms with Gasteiger partial charge in [-0.3, -0.25) is 4.79 Å². The molecule has 1 amide bonds.